The minimum absolute atomic E-state index is 0.0538. The first kappa shape index (κ1) is 26.7. The summed E-state index contributed by atoms with van der Waals surface area (Å²) in [6.45, 7) is 11.2. The van der Waals surface area contributed by atoms with Gasteiger partial charge in [0.05, 0.1) is 31.8 Å². The van der Waals surface area contributed by atoms with E-state index < -0.39 is 6.10 Å². The molecule has 188 valence electrons. The van der Waals surface area contributed by atoms with Crippen LogP contribution in [0.1, 0.15) is 58.1 Å². The van der Waals surface area contributed by atoms with Crippen molar-refractivity contribution >= 4 is 5.91 Å². The Morgan fingerprint density at radius 3 is 2.65 bits per heavy atom. The molecule has 0 spiro atoms. The van der Waals surface area contributed by atoms with Crippen LogP contribution in [0.15, 0.2) is 48.1 Å². The predicted octanol–water partition coefficient (Wildman–Crippen LogP) is 4.45. The van der Waals surface area contributed by atoms with Gasteiger partial charge in [-0.1, -0.05) is 48.1 Å². The summed E-state index contributed by atoms with van der Waals surface area (Å²) in [7, 11) is 0. The van der Waals surface area contributed by atoms with E-state index in [1.165, 1.54) is 11.1 Å². The first-order chi connectivity index (χ1) is 16.2. The number of hydrogen-bond donors (Lipinski definition) is 2. The zero-order chi connectivity index (χ0) is 24.8. The summed E-state index contributed by atoms with van der Waals surface area (Å²) in [5, 5.41) is 21.1. The summed E-state index contributed by atoms with van der Waals surface area (Å²) in [5.41, 5.74) is 3.57. The van der Waals surface area contributed by atoms with Crippen LogP contribution in [0, 0.1) is 24.7 Å². The Hall–Kier alpha value is -1.95. The first-order valence-electron chi connectivity index (χ1n) is 12.8. The molecule has 1 fully saturated rings. The van der Waals surface area contributed by atoms with Crippen molar-refractivity contribution in [1.82, 2.24) is 4.90 Å². The van der Waals surface area contributed by atoms with Gasteiger partial charge in [-0.05, 0) is 70.4 Å². The van der Waals surface area contributed by atoms with Crippen molar-refractivity contribution in [2.24, 2.45) is 17.8 Å². The summed E-state index contributed by atoms with van der Waals surface area (Å²) in [6, 6.07) is 8.59. The third kappa shape index (κ3) is 7.03. The second-order valence-corrected chi connectivity index (χ2v) is 10.7. The van der Waals surface area contributed by atoms with Crippen LogP contribution in [0.2, 0.25) is 0 Å². The number of ether oxygens (including phenoxy) is 1. The van der Waals surface area contributed by atoms with Crippen molar-refractivity contribution in [3.05, 3.63) is 59.2 Å². The Morgan fingerprint density at radius 2 is 1.97 bits per heavy atom. The van der Waals surface area contributed by atoms with Crippen molar-refractivity contribution in [3.8, 4) is 0 Å². The largest absolute Gasteiger partial charge is 0.392 e. The highest BCUT2D eigenvalue weighted by Gasteiger charge is 2.43. The van der Waals surface area contributed by atoms with Gasteiger partial charge in [0.2, 0.25) is 5.91 Å². The molecule has 0 heterocycles. The molecule has 2 N–H and O–H groups in total. The highest BCUT2D eigenvalue weighted by molar-refractivity contribution is 5.76. The van der Waals surface area contributed by atoms with Gasteiger partial charge < -0.3 is 19.8 Å². The number of amides is 1. The van der Waals surface area contributed by atoms with Gasteiger partial charge in [-0.2, -0.15) is 0 Å². The standard InChI is InChI=1S/C29H43NO4/c1-19(2)30(20(3)4)29(33)11-12-34-18-23-14-24-17-28(32)26(27(24)16-23)10-9-25(31)15-22-8-6-7-21(5)13-22/h6-10,13-14,19-20,24-28,31-32H,11-12,15-18H2,1-5H3/t24-,25+,26+,27-,28+/m0/s1. The average molecular weight is 470 g/mol. The lowest BCUT2D eigenvalue weighted by atomic mass is 9.89. The van der Waals surface area contributed by atoms with E-state index >= 15 is 0 Å². The van der Waals surface area contributed by atoms with Crippen LogP contribution in [0.4, 0.5) is 0 Å². The van der Waals surface area contributed by atoms with Gasteiger partial charge in [-0.15, -0.1) is 0 Å². The lowest BCUT2D eigenvalue weighted by Crippen LogP contribution is -2.42. The van der Waals surface area contributed by atoms with Crippen LogP contribution in [-0.4, -0.2) is 58.5 Å². The van der Waals surface area contributed by atoms with Gasteiger partial charge in [-0.25, -0.2) is 0 Å². The van der Waals surface area contributed by atoms with Crippen molar-refractivity contribution < 1.29 is 19.7 Å². The molecule has 0 aliphatic heterocycles. The van der Waals surface area contributed by atoms with Crippen LogP contribution in [0.5, 0.6) is 0 Å². The molecule has 34 heavy (non-hydrogen) atoms. The van der Waals surface area contributed by atoms with E-state index in [0.717, 1.165) is 18.4 Å². The Morgan fingerprint density at radius 1 is 1.24 bits per heavy atom. The van der Waals surface area contributed by atoms with Gasteiger partial charge >= 0.3 is 0 Å². The second-order valence-electron chi connectivity index (χ2n) is 10.7. The quantitative estimate of drug-likeness (QED) is 0.371. The summed E-state index contributed by atoms with van der Waals surface area (Å²) in [6.07, 6.45) is 7.87. The number of nitrogens with zero attached hydrogens (tertiary/aromatic N) is 1. The molecule has 0 unspecified atom stereocenters. The van der Waals surface area contributed by atoms with Gasteiger partial charge in [-0.3, -0.25) is 4.79 Å². The van der Waals surface area contributed by atoms with Gasteiger partial charge in [0.15, 0.2) is 0 Å². The molecule has 0 aromatic heterocycles. The highest BCUT2D eigenvalue weighted by atomic mass is 16.5. The Bertz CT molecular complexity index is 867. The van der Waals surface area contributed by atoms with E-state index in [9.17, 15) is 15.0 Å². The number of benzene rings is 1. The maximum Gasteiger partial charge on any atom is 0.225 e. The minimum atomic E-state index is -0.556. The number of fused-ring (bicyclic) bond motifs is 1. The topological polar surface area (TPSA) is 70.0 Å². The summed E-state index contributed by atoms with van der Waals surface area (Å²) >= 11 is 0. The van der Waals surface area contributed by atoms with E-state index in [1.54, 1.807) is 0 Å². The first-order valence-corrected chi connectivity index (χ1v) is 12.8. The van der Waals surface area contributed by atoms with Crippen LogP contribution < -0.4 is 0 Å². The zero-order valence-electron chi connectivity index (χ0n) is 21.5. The molecular weight excluding hydrogens is 426 g/mol. The monoisotopic (exact) mass is 469 g/mol. The fourth-order valence-electron chi connectivity index (χ4n) is 5.78. The summed E-state index contributed by atoms with van der Waals surface area (Å²) < 4.78 is 5.86. The molecule has 1 aromatic rings. The molecule has 0 bridgehead atoms. The molecule has 0 saturated heterocycles. The third-order valence-corrected chi connectivity index (χ3v) is 7.18. The molecule has 1 aromatic carbocycles. The van der Waals surface area contributed by atoms with E-state index in [0.29, 0.717) is 37.9 Å². The van der Waals surface area contributed by atoms with Crippen LogP contribution in [-0.2, 0) is 16.0 Å². The van der Waals surface area contributed by atoms with E-state index in [-0.39, 0.29) is 30.0 Å². The normalized spacial score (nSPS) is 25.3. The molecule has 2 aliphatic carbocycles. The van der Waals surface area contributed by atoms with Crippen molar-refractivity contribution in [3.63, 3.8) is 0 Å². The number of allylic oxidation sites excluding steroid dienone is 1. The van der Waals surface area contributed by atoms with Gasteiger partial charge in [0, 0.05) is 24.4 Å². The number of carbonyl (C=O) groups excluding carboxylic acids is 1. The second kappa shape index (κ2) is 12.1. The minimum Gasteiger partial charge on any atom is -0.392 e. The number of aliphatic hydroxyl groups is 2. The molecule has 3 rings (SSSR count). The maximum atomic E-state index is 12.5. The highest BCUT2D eigenvalue weighted by Crippen LogP contribution is 2.47. The average Bonchev–Trinajstić information content (AvgIpc) is 3.25. The Balaban J connectivity index is 1.45. The fraction of sp³-hybridized carbons (Fsp3) is 0.621. The summed E-state index contributed by atoms with van der Waals surface area (Å²) in [5.74, 6) is 0.907. The number of aryl methyl sites for hydroxylation is 1. The molecule has 5 atom stereocenters. The van der Waals surface area contributed by atoms with Crippen molar-refractivity contribution in [1.29, 1.82) is 0 Å². The molecule has 1 amide bonds. The maximum absolute atomic E-state index is 12.5. The smallest absolute Gasteiger partial charge is 0.225 e. The molecule has 0 radical (unpaired) electrons. The number of rotatable bonds is 11. The van der Waals surface area contributed by atoms with Crippen LogP contribution >= 0.6 is 0 Å². The zero-order valence-corrected chi connectivity index (χ0v) is 21.5. The molecule has 1 saturated carbocycles. The molecule has 5 nitrogen and oxygen atoms in total. The lowest BCUT2D eigenvalue weighted by molar-refractivity contribution is -0.135. The molecule has 2 aliphatic rings. The molecule has 5 heteroatoms. The van der Waals surface area contributed by atoms with Crippen LogP contribution in [0.3, 0.4) is 0 Å². The van der Waals surface area contributed by atoms with Crippen LogP contribution in [0.25, 0.3) is 0 Å². The predicted molar refractivity (Wildman–Crippen MR) is 136 cm³/mol. The summed E-state index contributed by atoms with van der Waals surface area (Å²) in [4.78, 5) is 14.4. The SMILES string of the molecule is Cc1cccc(C[C@H](O)C=C[C@@H]2[C@H]3CC(COCCC(=O)N(C(C)C)C(C)C)=C[C@H]3C[C@H]2O)c1. The number of aliphatic hydroxyl groups excluding tert-OH is 2. The third-order valence-electron chi connectivity index (χ3n) is 7.18. The van der Waals surface area contributed by atoms with E-state index in [2.05, 4.69) is 25.1 Å². The van der Waals surface area contributed by atoms with Crippen molar-refractivity contribution in [2.75, 3.05) is 13.2 Å². The number of hydrogen-bond acceptors (Lipinski definition) is 4. The lowest BCUT2D eigenvalue weighted by Gasteiger charge is -2.30. The number of carbonyl (C=O) groups is 1. The van der Waals surface area contributed by atoms with Gasteiger partial charge in [0.1, 0.15) is 0 Å². The Kier molecular flexibility index (Phi) is 9.52. The Labute approximate surface area is 205 Å². The van der Waals surface area contributed by atoms with Gasteiger partial charge in [0.25, 0.3) is 0 Å². The van der Waals surface area contributed by atoms with E-state index in [4.69, 9.17) is 4.74 Å². The van der Waals surface area contributed by atoms with Crippen molar-refractivity contribution in [2.45, 2.75) is 84.6 Å². The molecular formula is C29H43NO4. The van der Waals surface area contributed by atoms with E-state index in [1.807, 2.05) is 56.9 Å². The fourth-order valence-corrected chi connectivity index (χ4v) is 5.78.